The highest BCUT2D eigenvalue weighted by atomic mass is 16.5. The first kappa shape index (κ1) is 21.5. The first-order valence-electron chi connectivity index (χ1n) is 11.3. The Labute approximate surface area is 184 Å². The summed E-state index contributed by atoms with van der Waals surface area (Å²) in [5.74, 6) is 0.0917. The molecule has 6 nitrogen and oxygen atoms in total. The summed E-state index contributed by atoms with van der Waals surface area (Å²) in [5, 5.41) is 2.77. The molecule has 0 bridgehead atoms. The smallest absolute Gasteiger partial charge is 0.254 e. The Morgan fingerprint density at radius 3 is 2.65 bits per heavy atom. The average molecular weight is 422 g/mol. The molecule has 0 radical (unpaired) electrons. The van der Waals surface area contributed by atoms with Crippen molar-refractivity contribution in [2.45, 2.75) is 44.1 Å². The summed E-state index contributed by atoms with van der Waals surface area (Å²) >= 11 is 0. The molecule has 2 heterocycles. The van der Waals surface area contributed by atoms with Crippen molar-refractivity contribution in [3.63, 3.8) is 0 Å². The van der Waals surface area contributed by atoms with Crippen LogP contribution in [0.25, 0.3) is 11.1 Å². The number of likely N-dealkylation sites (N-methyl/N-ethyl adjacent to an activating group) is 1. The standard InChI is InChI=1S/C25H31N3O3/c1-26-24(30)25(17-19-6-5-9-22(16-19)20-10-12-27-13-11-20)18-28(14-15-31-25)23(29)21-7-3-2-4-8-21/h5-6,9-13,16,21H,2-4,7-8,14-15,17-18H2,1H3,(H,26,30). The van der Waals surface area contributed by atoms with Crippen molar-refractivity contribution in [1.82, 2.24) is 15.2 Å². The molecule has 6 heteroatoms. The van der Waals surface area contributed by atoms with Gasteiger partial charge in [0.2, 0.25) is 5.91 Å². The molecule has 2 fully saturated rings. The van der Waals surface area contributed by atoms with E-state index in [9.17, 15) is 9.59 Å². The van der Waals surface area contributed by atoms with Gasteiger partial charge in [-0.25, -0.2) is 0 Å². The molecule has 1 atom stereocenters. The maximum Gasteiger partial charge on any atom is 0.254 e. The molecular weight excluding hydrogens is 390 g/mol. The van der Waals surface area contributed by atoms with Gasteiger partial charge in [-0.2, -0.15) is 0 Å². The van der Waals surface area contributed by atoms with Crippen LogP contribution >= 0.6 is 0 Å². The van der Waals surface area contributed by atoms with Crippen LogP contribution in [0.1, 0.15) is 37.7 Å². The number of carbonyl (C=O) groups excluding carboxylic acids is 2. The van der Waals surface area contributed by atoms with Gasteiger partial charge in [-0.3, -0.25) is 14.6 Å². The minimum atomic E-state index is -1.08. The average Bonchev–Trinajstić information content (AvgIpc) is 2.84. The van der Waals surface area contributed by atoms with Crippen molar-refractivity contribution in [3.05, 3.63) is 54.4 Å². The van der Waals surface area contributed by atoms with Crippen molar-refractivity contribution in [1.29, 1.82) is 0 Å². The SMILES string of the molecule is CNC(=O)C1(Cc2cccc(-c3ccncc3)c2)CN(C(=O)C2CCCCC2)CCO1. The van der Waals surface area contributed by atoms with Gasteiger partial charge < -0.3 is 15.0 Å². The molecule has 1 saturated heterocycles. The molecule has 31 heavy (non-hydrogen) atoms. The summed E-state index contributed by atoms with van der Waals surface area (Å²) in [6.45, 7) is 1.21. The highest BCUT2D eigenvalue weighted by Gasteiger charge is 2.45. The Morgan fingerprint density at radius 1 is 1.13 bits per heavy atom. The monoisotopic (exact) mass is 421 g/mol. The summed E-state index contributed by atoms with van der Waals surface area (Å²) in [5.41, 5.74) is 2.07. The van der Waals surface area contributed by atoms with Gasteiger partial charge in [-0.1, -0.05) is 43.5 Å². The quantitative estimate of drug-likeness (QED) is 0.805. The third kappa shape index (κ3) is 4.79. The molecule has 2 aliphatic rings. The topological polar surface area (TPSA) is 71.5 Å². The normalized spacial score (nSPS) is 22.2. The first-order valence-corrected chi connectivity index (χ1v) is 11.3. The van der Waals surface area contributed by atoms with Gasteiger partial charge >= 0.3 is 0 Å². The minimum absolute atomic E-state index is 0.0873. The zero-order chi connectivity index (χ0) is 21.7. The van der Waals surface area contributed by atoms with Crippen LogP contribution in [0.4, 0.5) is 0 Å². The molecule has 1 aliphatic carbocycles. The molecule has 1 N–H and O–H groups in total. The Bertz CT molecular complexity index is 911. The summed E-state index contributed by atoms with van der Waals surface area (Å²) < 4.78 is 6.12. The third-order valence-corrected chi connectivity index (χ3v) is 6.52. The molecule has 1 unspecified atom stereocenters. The van der Waals surface area contributed by atoms with Crippen LogP contribution < -0.4 is 5.32 Å². The number of benzene rings is 1. The summed E-state index contributed by atoms with van der Waals surface area (Å²) in [4.78, 5) is 32.1. The number of hydrogen-bond acceptors (Lipinski definition) is 4. The predicted molar refractivity (Wildman–Crippen MR) is 119 cm³/mol. The van der Waals surface area contributed by atoms with E-state index in [1.54, 1.807) is 19.4 Å². The van der Waals surface area contributed by atoms with Gasteiger partial charge in [0.1, 0.15) is 0 Å². The molecule has 164 valence electrons. The fraction of sp³-hybridized carbons (Fsp3) is 0.480. The summed E-state index contributed by atoms with van der Waals surface area (Å²) in [7, 11) is 1.63. The van der Waals surface area contributed by atoms with Crippen molar-refractivity contribution in [2.75, 3.05) is 26.7 Å². The Kier molecular flexibility index (Phi) is 6.66. The highest BCUT2D eigenvalue weighted by Crippen LogP contribution is 2.30. The van der Waals surface area contributed by atoms with Crippen LogP contribution in [0.2, 0.25) is 0 Å². The Hall–Kier alpha value is -2.73. The van der Waals surface area contributed by atoms with Crippen LogP contribution in [-0.4, -0.2) is 54.0 Å². The van der Waals surface area contributed by atoms with Crippen LogP contribution in [-0.2, 0) is 20.7 Å². The van der Waals surface area contributed by atoms with Crippen molar-refractivity contribution < 1.29 is 14.3 Å². The molecule has 1 aromatic carbocycles. The van der Waals surface area contributed by atoms with E-state index in [4.69, 9.17) is 4.74 Å². The number of pyridine rings is 1. The number of nitrogens with one attached hydrogen (secondary N) is 1. The fourth-order valence-electron chi connectivity index (χ4n) is 4.87. The van der Waals surface area contributed by atoms with E-state index in [-0.39, 0.29) is 17.7 Å². The maximum absolute atomic E-state index is 13.2. The number of carbonyl (C=O) groups is 2. The molecule has 0 spiro atoms. The van der Waals surface area contributed by atoms with Gasteiger partial charge in [-0.15, -0.1) is 0 Å². The lowest BCUT2D eigenvalue weighted by molar-refractivity contribution is -0.167. The molecule has 1 aromatic heterocycles. The van der Waals surface area contributed by atoms with Gasteiger partial charge in [0.25, 0.3) is 5.91 Å². The summed E-state index contributed by atoms with van der Waals surface area (Å²) in [6, 6.07) is 12.1. The van der Waals surface area contributed by atoms with Crippen LogP contribution in [0.15, 0.2) is 48.8 Å². The van der Waals surface area contributed by atoms with E-state index in [1.165, 1.54) is 6.42 Å². The number of morpholine rings is 1. The van der Waals surface area contributed by atoms with Crippen molar-refractivity contribution >= 4 is 11.8 Å². The van der Waals surface area contributed by atoms with Crippen LogP contribution in [0.5, 0.6) is 0 Å². The highest BCUT2D eigenvalue weighted by molar-refractivity contribution is 5.87. The van der Waals surface area contributed by atoms with Gasteiger partial charge in [0.15, 0.2) is 5.60 Å². The lowest BCUT2D eigenvalue weighted by Crippen LogP contribution is -2.62. The summed E-state index contributed by atoms with van der Waals surface area (Å²) in [6.07, 6.45) is 9.31. The molecule has 1 saturated carbocycles. The third-order valence-electron chi connectivity index (χ3n) is 6.52. The Balaban J connectivity index is 1.57. The molecular formula is C25H31N3O3. The number of rotatable bonds is 5. The zero-order valence-electron chi connectivity index (χ0n) is 18.2. The lowest BCUT2D eigenvalue weighted by atomic mass is 9.86. The van der Waals surface area contributed by atoms with Crippen LogP contribution in [0.3, 0.4) is 0 Å². The molecule has 1 aliphatic heterocycles. The second-order valence-electron chi connectivity index (χ2n) is 8.63. The van der Waals surface area contributed by atoms with Gasteiger partial charge in [0, 0.05) is 38.3 Å². The number of ether oxygens (including phenoxy) is 1. The largest absolute Gasteiger partial charge is 0.361 e. The number of aromatic nitrogens is 1. The van der Waals surface area contributed by atoms with Crippen molar-refractivity contribution in [2.24, 2.45) is 5.92 Å². The van der Waals surface area contributed by atoms with E-state index in [0.717, 1.165) is 42.4 Å². The molecule has 2 amide bonds. The second-order valence-corrected chi connectivity index (χ2v) is 8.63. The number of hydrogen-bond donors (Lipinski definition) is 1. The van der Waals surface area contributed by atoms with Crippen molar-refractivity contribution in [3.8, 4) is 11.1 Å². The van der Waals surface area contributed by atoms with E-state index < -0.39 is 5.60 Å². The molecule has 4 rings (SSSR count). The fourth-order valence-corrected chi connectivity index (χ4v) is 4.87. The maximum atomic E-state index is 13.2. The minimum Gasteiger partial charge on any atom is -0.361 e. The number of nitrogens with zero attached hydrogens (tertiary/aromatic N) is 2. The van der Waals surface area contributed by atoms with E-state index in [0.29, 0.717) is 26.1 Å². The van der Waals surface area contributed by atoms with Crippen LogP contribution in [0, 0.1) is 5.92 Å². The molecule has 2 aromatic rings. The predicted octanol–water partition coefficient (Wildman–Crippen LogP) is 3.22. The Morgan fingerprint density at radius 2 is 1.90 bits per heavy atom. The van der Waals surface area contributed by atoms with Gasteiger partial charge in [0.05, 0.1) is 13.2 Å². The van der Waals surface area contributed by atoms with E-state index in [2.05, 4.69) is 16.4 Å². The number of amides is 2. The van der Waals surface area contributed by atoms with E-state index >= 15 is 0 Å². The lowest BCUT2D eigenvalue weighted by Gasteiger charge is -2.42. The second kappa shape index (κ2) is 9.60. The van der Waals surface area contributed by atoms with Gasteiger partial charge in [-0.05, 0) is 41.7 Å². The zero-order valence-corrected chi connectivity index (χ0v) is 18.2. The first-order chi connectivity index (χ1) is 15.1. The van der Waals surface area contributed by atoms with E-state index in [1.807, 2.05) is 35.2 Å².